The summed E-state index contributed by atoms with van der Waals surface area (Å²) in [5.74, 6) is 0.231. The van der Waals surface area contributed by atoms with Crippen LogP contribution in [0.3, 0.4) is 0 Å². The lowest BCUT2D eigenvalue weighted by molar-refractivity contribution is -0.140. The Morgan fingerprint density at radius 2 is 2.19 bits per heavy atom. The number of aromatic nitrogens is 4. The van der Waals surface area contributed by atoms with E-state index in [0.717, 1.165) is 24.2 Å². The van der Waals surface area contributed by atoms with Gasteiger partial charge in [0.1, 0.15) is 17.1 Å². The number of rotatable bonds is 7. The Kier molecular flexibility index (Phi) is 7.22. The van der Waals surface area contributed by atoms with Gasteiger partial charge in [-0.05, 0) is 43.5 Å². The van der Waals surface area contributed by atoms with Crippen molar-refractivity contribution in [2.24, 2.45) is 0 Å². The van der Waals surface area contributed by atoms with Gasteiger partial charge in [0.25, 0.3) is 6.43 Å². The lowest BCUT2D eigenvalue weighted by Gasteiger charge is -2.23. The zero-order valence-corrected chi connectivity index (χ0v) is 18.8. The molecule has 0 bridgehead atoms. The molecule has 170 valence electrons. The van der Waals surface area contributed by atoms with Gasteiger partial charge in [-0.2, -0.15) is 5.10 Å². The van der Waals surface area contributed by atoms with Crippen LogP contribution in [0, 0.1) is 0 Å². The molecule has 1 aliphatic heterocycles. The largest absolute Gasteiger partial charge is 0.469 e. The highest BCUT2D eigenvalue weighted by Crippen LogP contribution is 2.38. The summed E-state index contributed by atoms with van der Waals surface area (Å²) in [6, 6.07) is 6.45. The molecule has 1 atom stereocenters. The van der Waals surface area contributed by atoms with Crippen molar-refractivity contribution in [1.82, 2.24) is 20.0 Å². The first-order valence-electron chi connectivity index (χ1n) is 10.1. The summed E-state index contributed by atoms with van der Waals surface area (Å²) in [6.07, 6.45) is 0.0658. The zero-order valence-electron chi connectivity index (χ0n) is 17.3. The molecule has 1 aromatic carbocycles. The number of carbonyl (C=O) groups is 1. The maximum atomic E-state index is 12.9. The minimum atomic E-state index is -2.70. The first kappa shape index (κ1) is 22.9. The topological polar surface area (TPSA) is 79.1 Å². The summed E-state index contributed by atoms with van der Waals surface area (Å²) in [5, 5.41) is 13.5. The van der Waals surface area contributed by atoms with E-state index < -0.39 is 12.1 Å². The molecule has 0 spiro atoms. The van der Waals surface area contributed by atoms with Gasteiger partial charge >= 0.3 is 5.97 Å². The number of thioether (sulfide) groups is 1. The van der Waals surface area contributed by atoms with Gasteiger partial charge < -0.3 is 9.47 Å². The molecule has 11 heteroatoms. The van der Waals surface area contributed by atoms with Crippen molar-refractivity contribution in [1.29, 1.82) is 0 Å². The van der Waals surface area contributed by atoms with Gasteiger partial charge in [0, 0.05) is 22.6 Å². The van der Waals surface area contributed by atoms with Crippen molar-refractivity contribution in [3.63, 3.8) is 0 Å². The van der Waals surface area contributed by atoms with E-state index in [0.29, 0.717) is 39.7 Å². The van der Waals surface area contributed by atoms with Gasteiger partial charge in [0.05, 0.1) is 24.1 Å². The second kappa shape index (κ2) is 10.1. The molecule has 1 aliphatic rings. The standard InChI is InChI=1S/C21H21ClF2N4O3S/c1-30-18(29)7-9-32-12-10-13-19(15-5-6-16(21(23)24)26-25-15)27-28(20(13)14(22)11-12)17-4-2-3-8-31-17/h5-6,10-11,17,21H,2-4,7-9H2,1H3. The van der Waals surface area contributed by atoms with Crippen molar-refractivity contribution < 1.29 is 23.0 Å². The van der Waals surface area contributed by atoms with Crippen molar-refractivity contribution in [3.05, 3.63) is 35.0 Å². The molecule has 2 aromatic heterocycles. The Balaban J connectivity index is 1.76. The molecule has 0 aliphatic carbocycles. The summed E-state index contributed by atoms with van der Waals surface area (Å²) in [4.78, 5) is 12.3. The molecule has 1 fully saturated rings. The third-order valence-electron chi connectivity index (χ3n) is 5.11. The fourth-order valence-electron chi connectivity index (χ4n) is 3.54. The van der Waals surface area contributed by atoms with Crippen LogP contribution in [0.2, 0.25) is 5.02 Å². The average molecular weight is 483 g/mol. The Bertz CT molecular complexity index is 1100. The van der Waals surface area contributed by atoms with Crippen LogP contribution >= 0.6 is 23.4 Å². The number of hydrogen-bond acceptors (Lipinski definition) is 7. The average Bonchev–Trinajstić information content (AvgIpc) is 3.19. The van der Waals surface area contributed by atoms with Crippen LogP contribution < -0.4 is 0 Å². The molecule has 0 saturated carbocycles. The number of halogens is 3. The predicted octanol–water partition coefficient (Wildman–Crippen LogP) is 5.44. The highest BCUT2D eigenvalue weighted by atomic mass is 35.5. The quantitative estimate of drug-likeness (QED) is 0.327. The molecule has 1 saturated heterocycles. The van der Waals surface area contributed by atoms with E-state index in [2.05, 4.69) is 14.9 Å². The molecule has 3 heterocycles. The Labute approximate surface area is 192 Å². The molecular weight excluding hydrogens is 462 g/mol. The first-order valence-corrected chi connectivity index (χ1v) is 11.5. The molecule has 7 nitrogen and oxygen atoms in total. The molecule has 0 amide bonds. The SMILES string of the molecule is COC(=O)CCSc1cc(Cl)c2c(c1)c(-c1ccc(C(F)F)nn1)nn2C1CCCCO1. The second-order valence-corrected chi connectivity index (χ2v) is 8.81. The van der Waals surface area contributed by atoms with Gasteiger partial charge in [-0.15, -0.1) is 22.0 Å². The highest BCUT2D eigenvalue weighted by molar-refractivity contribution is 7.99. The van der Waals surface area contributed by atoms with Crippen LogP contribution in [-0.2, 0) is 14.3 Å². The van der Waals surface area contributed by atoms with Crippen LogP contribution in [0.15, 0.2) is 29.2 Å². The number of benzene rings is 1. The fourth-order valence-corrected chi connectivity index (χ4v) is 4.81. The van der Waals surface area contributed by atoms with E-state index in [-0.39, 0.29) is 18.6 Å². The number of methoxy groups -OCH3 is 1. The van der Waals surface area contributed by atoms with Crippen LogP contribution in [0.5, 0.6) is 0 Å². The molecular formula is C21H21ClF2N4O3S. The smallest absolute Gasteiger partial charge is 0.306 e. The second-order valence-electron chi connectivity index (χ2n) is 7.23. The number of alkyl halides is 2. The molecule has 1 unspecified atom stereocenters. The van der Waals surface area contributed by atoms with Gasteiger partial charge in [0.2, 0.25) is 0 Å². The number of fused-ring (bicyclic) bond motifs is 1. The highest BCUT2D eigenvalue weighted by Gasteiger charge is 2.25. The van der Waals surface area contributed by atoms with E-state index in [1.54, 1.807) is 4.68 Å². The number of carbonyl (C=O) groups excluding carboxylic acids is 1. The maximum absolute atomic E-state index is 12.9. The summed E-state index contributed by atoms with van der Waals surface area (Å²) in [7, 11) is 1.35. The van der Waals surface area contributed by atoms with E-state index in [9.17, 15) is 13.6 Å². The van der Waals surface area contributed by atoms with Crippen LogP contribution in [-0.4, -0.2) is 45.4 Å². The van der Waals surface area contributed by atoms with Crippen molar-refractivity contribution >= 4 is 40.2 Å². The summed E-state index contributed by atoms with van der Waals surface area (Å²) in [6.45, 7) is 0.628. The van der Waals surface area contributed by atoms with Crippen LogP contribution in [0.25, 0.3) is 22.3 Å². The van der Waals surface area contributed by atoms with E-state index in [1.807, 2.05) is 12.1 Å². The summed E-state index contributed by atoms with van der Waals surface area (Å²) in [5.41, 5.74) is 1.14. The third kappa shape index (κ3) is 4.87. The Hall–Kier alpha value is -2.30. The minimum absolute atomic E-state index is 0.263. The van der Waals surface area contributed by atoms with Crippen LogP contribution in [0.1, 0.15) is 44.0 Å². The molecule has 4 rings (SSSR count). The Morgan fingerprint density at radius 3 is 2.84 bits per heavy atom. The summed E-state index contributed by atoms with van der Waals surface area (Å²) < 4.78 is 38.2. The van der Waals surface area contributed by atoms with E-state index in [1.165, 1.54) is 31.0 Å². The molecule has 0 radical (unpaired) electrons. The first-order chi connectivity index (χ1) is 15.5. The van der Waals surface area contributed by atoms with Crippen molar-refractivity contribution in [2.75, 3.05) is 19.5 Å². The van der Waals surface area contributed by atoms with Gasteiger partial charge in [-0.3, -0.25) is 4.79 Å². The Morgan fingerprint density at radius 1 is 1.34 bits per heavy atom. The van der Waals surface area contributed by atoms with E-state index >= 15 is 0 Å². The minimum Gasteiger partial charge on any atom is -0.469 e. The lowest BCUT2D eigenvalue weighted by atomic mass is 10.1. The van der Waals surface area contributed by atoms with Crippen molar-refractivity contribution in [2.45, 2.75) is 43.2 Å². The number of nitrogens with zero attached hydrogens (tertiary/aromatic N) is 4. The maximum Gasteiger partial charge on any atom is 0.306 e. The number of esters is 1. The number of ether oxygens (including phenoxy) is 2. The predicted molar refractivity (Wildman–Crippen MR) is 117 cm³/mol. The third-order valence-corrected chi connectivity index (χ3v) is 6.38. The van der Waals surface area contributed by atoms with Gasteiger partial charge in [-0.25, -0.2) is 13.5 Å². The summed E-state index contributed by atoms with van der Waals surface area (Å²) >= 11 is 8.13. The van der Waals surface area contributed by atoms with E-state index in [4.69, 9.17) is 21.4 Å². The van der Waals surface area contributed by atoms with Gasteiger partial charge in [0.15, 0.2) is 6.23 Å². The van der Waals surface area contributed by atoms with Crippen molar-refractivity contribution in [3.8, 4) is 11.4 Å². The lowest BCUT2D eigenvalue weighted by Crippen LogP contribution is -2.19. The van der Waals surface area contributed by atoms with Crippen LogP contribution in [0.4, 0.5) is 8.78 Å². The molecule has 3 aromatic rings. The number of hydrogen-bond donors (Lipinski definition) is 0. The monoisotopic (exact) mass is 482 g/mol. The van der Waals surface area contributed by atoms with Gasteiger partial charge in [-0.1, -0.05) is 11.6 Å². The molecule has 32 heavy (non-hydrogen) atoms. The normalized spacial score (nSPS) is 16.6. The zero-order chi connectivity index (χ0) is 22.7. The molecule has 0 N–H and O–H groups in total. The fraction of sp³-hybridized carbons (Fsp3) is 0.429.